The smallest absolute Gasteiger partial charge is 0.258 e. The summed E-state index contributed by atoms with van der Waals surface area (Å²) in [5, 5.41) is 3.08. The monoisotopic (exact) mass is 435 g/mol. The molecule has 29 heavy (non-hydrogen) atoms. The average molecular weight is 436 g/mol. The molecule has 2 amide bonds. The van der Waals surface area contributed by atoms with E-state index in [0.717, 1.165) is 23.1 Å². The molecule has 0 radical (unpaired) electrons. The summed E-state index contributed by atoms with van der Waals surface area (Å²) in [7, 11) is 0. The molecule has 1 heterocycles. The van der Waals surface area contributed by atoms with Gasteiger partial charge in [0.25, 0.3) is 5.91 Å². The number of carbonyl (C=O) groups is 2. The lowest BCUT2D eigenvalue weighted by Gasteiger charge is -2.22. The number of rotatable bonds is 9. The van der Waals surface area contributed by atoms with E-state index in [9.17, 15) is 9.59 Å². The Morgan fingerprint density at radius 2 is 2.03 bits per heavy atom. The van der Waals surface area contributed by atoms with Crippen molar-refractivity contribution in [1.29, 1.82) is 0 Å². The van der Waals surface area contributed by atoms with Crippen molar-refractivity contribution in [1.82, 2.24) is 9.88 Å². The molecule has 2 aromatic rings. The topological polar surface area (TPSA) is 72.7 Å². The Labute approximate surface area is 179 Å². The third-order valence-corrected chi connectivity index (χ3v) is 6.88. The van der Waals surface area contributed by atoms with Crippen LogP contribution in [0.25, 0.3) is 10.2 Å². The summed E-state index contributed by atoms with van der Waals surface area (Å²) in [6, 6.07) is 8.34. The lowest BCUT2D eigenvalue weighted by atomic mass is 9.95. The number of amides is 2. The molecular formula is C21H29N3O3S2. The molecule has 0 spiro atoms. The number of para-hydroxylation sites is 1. The Morgan fingerprint density at radius 3 is 2.83 bits per heavy atom. The quantitative estimate of drug-likeness (QED) is 0.613. The predicted octanol–water partition coefficient (Wildman–Crippen LogP) is 3.35. The molecule has 0 aliphatic heterocycles. The van der Waals surface area contributed by atoms with Crippen molar-refractivity contribution in [3.05, 3.63) is 29.1 Å². The number of benzene rings is 1. The van der Waals surface area contributed by atoms with Crippen LogP contribution in [0.3, 0.4) is 0 Å². The third kappa shape index (κ3) is 6.69. The van der Waals surface area contributed by atoms with Crippen LogP contribution in [0.1, 0.15) is 39.0 Å². The van der Waals surface area contributed by atoms with Crippen molar-refractivity contribution in [2.24, 2.45) is 4.99 Å². The molecule has 1 saturated carbocycles. The van der Waals surface area contributed by atoms with Gasteiger partial charge in [0.1, 0.15) is 0 Å². The summed E-state index contributed by atoms with van der Waals surface area (Å²) < 4.78 is 8.61. The SMILES string of the molecule is CCOCCn1c(=NC(=O)CSCC(=O)NC2CCCCC2)sc2ccccc21. The van der Waals surface area contributed by atoms with Crippen LogP contribution in [0.5, 0.6) is 0 Å². The number of hydrogen-bond acceptors (Lipinski definition) is 5. The van der Waals surface area contributed by atoms with Crippen LogP contribution >= 0.6 is 23.1 Å². The molecule has 1 aliphatic rings. The maximum atomic E-state index is 12.4. The molecule has 1 aliphatic carbocycles. The number of thiazole rings is 1. The van der Waals surface area contributed by atoms with Crippen LogP contribution in [-0.4, -0.2) is 47.1 Å². The molecule has 6 nitrogen and oxygen atoms in total. The molecule has 1 aromatic heterocycles. The van der Waals surface area contributed by atoms with Gasteiger partial charge in [-0.15, -0.1) is 11.8 Å². The molecule has 158 valence electrons. The standard InChI is InChI=1S/C21H29N3O3S2/c1-2-27-13-12-24-17-10-6-7-11-18(17)29-21(24)23-20(26)15-28-14-19(25)22-16-8-4-3-5-9-16/h6-7,10-11,16H,2-5,8-9,12-15H2,1H3,(H,22,25). The lowest BCUT2D eigenvalue weighted by Crippen LogP contribution is -2.37. The van der Waals surface area contributed by atoms with E-state index in [1.807, 2.05) is 35.8 Å². The van der Waals surface area contributed by atoms with E-state index in [1.165, 1.54) is 42.4 Å². The Hall–Kier alpha value is -1.64. The normalized spacial score (nSPS) is 15.7. The van der Waals surface area contributed by atoms with Gasteiger partial charge >= 0.3 is 0 Å². The van der Waals surface area contributed by atoms with Crippen LogP contribution in [0, 0.1) is 0 Å². The molecule has 0 saturated heterocycles. The van der Waals surface area contributed by atoms with Gasteiger partial charge in [-0.3, -0.25) is 9.59 Å². The van der Waals surface area contributed by atoms with Gasteiger partial charge in [0, 0.05) is 19.2 Å². The second kappa shape index (κ2) is 11.5. The van der Waals surface area contributed by atoms with E-state index in [2.05, 4.69) is 10.3 Å². The molecule has 0 bridgehead atoms. The minimum atomic E-state index is -0.211. The van der Waals surface area contributed by atoms with Crippen LogP contribution in [0.15, 0.2) is 29.3 Å². The van der Waals surface area contributed by atoms with E-state index in [-0.39, 0.29) is 17.6 Å². The highest BCUT2D eigenvalue weighted by atomic mass is 32.2. The van der Waals surface area contributed by atoms with Gasteiger partial charge in [-0.1, -0.05) is 42.7 Å². The van der Waals surface area contributed by atoms with Crippen LogP contribution in [-0.2, 0) is 20.9 Å². The maximum absolute atomic E-state index is 12.4. The first-order valence-corrected chi connectivity index (χ1v) is 12.2. The number of nitrogens with one attached hydrogen (secondary N) is 1. The molecular weight excluding hydrogens is 406 g/mol. The number of aromatic nitrogens is 1. The first-order valence-electron chi connectivity index (χ1n) is 10.3. The van der Waals surface area contributed by atoms with Gasteiger partial charge in [-0.05, 0) is 31.9 Å². The minimum absolute atomic E-state index is 0.0170. The average Bonchev–Trinajstić information content (AvgIpc) is 3.06. The molecule has 1 aromatic carbocycles. The minimum Gasteiger partial charge on any atom is -0.380 e. The Bertz CT molecular complexity index is 885. The van der Waals surface area contributed by atoms with Crippen molar-refractivity contribution >= 4 is 45.1 Å². The van der Waals surface area contributed by atoms with Gasteiger partial charge in [-0.25, -0.2) is 0 Å². The highest BCUT2D eigenvalue weighted by Gasteiger charge is 2.16. The van der Waals surface area contributed by atoms with Gasteiger partial charge in [0.15, 0.2) is 4.80 Å². The summed E-state index contributed by atoms with van der Waals surface area (Å²) in [5.74, 6) is 0.312. The van der Waals surface area contributed by atoms with Crippen molar-refractivity contribution in [3.8, 4) is 0 Å². The van der Waals surface area contributed by atoms with E-state index in [4.69, 9.17) is 4.74 Å². The summed E-state index contributed by atoms with van der Waals surface area (Å²) >= 11 is 2.83. The Balaban J connectivity index is 1.57. The van der Waals surface area contributed by atoms with Crippen molar-refractivity contribution in [2.45, 2.75) is 51.6 Å². The first-order chi connectivity index (χ1) is 14.2. The van der Waals surface area contributed by atoms with E-state index in [1.54, 1.807) is 0 Å². The molecule has 0 unspecified atom stereocenters. The summed E-state index contributed by atoms with van der Waals surface area (Å²) in [5.41, 5.74) is 1.06. The van der Waals surface area contributed by atoms with E-state index < -0.39 is 0 Å². The van der Waals surface area contributed by atoms with Gasteiger partial charge < -0.3 is 14.6 Å². The largest absolute Gasteiger partial charge is 0.380 e. The van der Waals surface area contributed by atoms with E-state index >= 15 is 0 Å². The van der Waals surface area contributed by atoms with Crippen molar-refractivity contribution in [2.75, 3.05) is 24.7 Å². The summed E-state index contributed by atoms with van der Waals surface area (Å²) in [6.07, 6.45) is 5.78. The zero-order valence-electron chi connectivity index (χ0n) is 16.9. The van der Waals surface area contributed by atoms with Gasteiger partial charge in [0.05, 0.1) is 28.3 Å². The van der Waals surface area contributed by atoms with Crippen molar-refractivity contribution in [3.63, 3.8) is 0 Å². The number of thioether (sulfide) groups is 1. The number of ether oxygens (including phenoxy) is 1. The highest BCUT2D eigenvalue weighted by molar-refractivity contribution is 8.00. The third-order valence-electron chi connectivity index (χ3n) is 4.90. The van der Waals surface area contributed by atoms with Crippen molar-refractivity contribution < 1.29 is 14.3 Å². The fraction of sp³-hybridized carbons (Fsp3) is 0.571. The molecule has 3 rings (SSSR count). The molecule has 1 N–H and O–H groups in total. The molecule has 8 heteroatoms. The van der Waals surface area contributed by atoms with Crippen LogP contribution < -0.4 is 10.1 Å². The number of fused-ring (bicyclic) bond motifs is 1. The zero-order valence-corrected chi connectivity index (χ0v) is 18.5. The van der Waals surface area contributed by atoms with Crippen LogP contribution in [0.2, 0.25) is 0 Å². The second-order valence-electron chi connectivity index (χ2n) is 7.10. The van der Waals surface area contributed by atoms with Crippen LogP contribution in [0.4, 0.5) is 0 Å². The lowest BCUT2D eigenvalue weighted by molar-refractivity contribution is -0.119. The molecule has 0 atom stereocenters. The Morgan fingerprint density at radius 1 is 1.24 bits per heavy atom. The second-order valence-corrected chi connectivity index (χ2v) is 9.10. The van der Waals surface area contributed by atoms with Gasteiger partial charge in [0.2, 0.25) is 5.91 Å². The van der Waals surface area contributed by atoms with Gasteiger partial charge in [-0.2, -0.15) is 4.99 Å². The summed E-state index contributed by atoms with van der Waals surface area (Å²) in [4.78, 5) is 29.5. The number of carbonyl (C=O) groups excluding carboxylic acids is 2. The number of hydrogen-bond donors (Lipinski definition) is 1. The maximum Gasteiger partial charge on any atom is 0.258 e. The predicted molar refractivity (Wildman–Crippen MR) is 119 cm³/mol. The molecule has 1 fully saturated rings. The van der Waals surface area contributed by atoms with E-state index in [0.29, 0.717) is 36.4 Å². The number of nitrogens with zero attached hydrogens (tertiary/aromatic N) is 2. The fourth-order valence-corrected chi connectivity index (χ4v) is 5.19. The summed E-state index contributed by atoms with van der Waals surface area (Å²) in [6.45, 7) is 3.86. The first kappa shape index (κ1) is 22.1. The zero-order chi connectivity index (χ0) is 20.5. The fourth-order valence-electron chi connectivity index (χ4n) is 3.51. The highest BCUT2D eigenvalue weighted by Crippen LogP contribution is 2.18. The Kier molecular flexibility index (Phi) is 8.76.